The lowest BCUT2D eigenvalue weighted by Crippen LogP contribution is -2.45. The van der Waals surface area contributed by atoms with E-state index in [0.29, 0.717) is 45.8 Å². The third kappa shape index (κ3) is 5.19. The van der Waals surface area contributed by atoms with E-state index in [0.717, 1.165) is 5.56 Å². The van der Waals surface area contributed by atoms with Crippen molar-refractivity contribution in [2.45, 2.75) is 32.9 Å². The zero-order valence-electron chi connectivity index (χ0n) is 17.7. The molecule has 1 atom stereocenters. The highest BCUT2D eigenvalue weighted by atomic mass is 79.9. The van der Waals surface area contributed by atoms with E-state index >= 15 is 0 Å². The molecule has 0 saturated carbocycles. The van der Waals surface area contributed by atoms with E-state index in [9.17, 15) is 9.59 Å². The third-order valence-corrected chi connectivity index (χ3v) is 5.40. The van der Waals surface area contributed by atoms with Crippen LogP contribution in [0.3, 0.4) is 0 Å². The van der Waals surface area contributed by atoms with Gasteiger partial charge in [-0.2, -0.15) is 0 Å². The molecule has 1 heterocycles. The van der Waals surface area contributed by atoms with Crippen LogP contribution in [0.4, 0.5) is 4.79 Å². The molecule has 0 bridgehead atoms. The number of hydrogen-bond donors (Lipinski definition) is 2. The van der Waals surface area contributed by atoms with Crippen LogP contribution in [-0.4, -0.2) is 25.7 Å². The summed E-state index contributed by atoms with van der Waals surface area (Å²) in [5, 5.41) is 5.53. The van der Waals surface area contributed by atoms with Crippen molar-refractivity contribution in [2.75, 3.05) is 13.7 Å². The minimum Gasteiger partial charge on any atom is -0.493 e. The number of nitrogens with one attached hydrogen (secondary N) is 2. The molecule has 2 aromatic rings. The fourth-order valence-electron chi connectivity index (χ4n) is 3.37. The molecule has 1 aliphatic rings. The molecule has 2 aromatic carbocycles. The van der Waals surface area contributed by atoms with Gasteiger partial charge < -0.3 is 24.8 Å². The first-order valence-electron chi connectivity index (χ1n) is 10.00. The van der Waals surface area contributed by atoms with Crippen LogP contribution in [0, 0.1) is 0 Å². The Kier molecular flexibility index (Phi) is 7.57. The molecule has 1 unspecified atom stereocenters. The van der Waals surface area contributed by atoms with Gasteiger partial charge in [-0.3, -0.25) is 0 Å². The maximum absolute atomic E-state index is 12.7. The van der Waals surface area contributed by atoms with Crippen molar-refractivity contribution in [2.24, 2.45) is 0 Å². The Balaban J connectivity index is 1.98. The summed E-state index contributed by atoms with van der Waals surface area (Å²) in [6.45, 7) is 4.22. The second-order valence-corrected chi connectivity index (χ2v) is 7.66. The third-order valence-electron chi connectivity index (χ3n) is 4.81. The van der Waals surface area contributed by atoms with Gasteiger partial charge in [-0.25, -0.2) is 9.59 Å². The highest BCUT2D eigenvalue weighted by Crippen LogP contribution is 2.41. The summed E-state index contributed by atoms with van der Waals surface area (Å²) in [5.74, 6) is 0.540. The number of benzene rings is 2. The summed E-state index contributed by atoms with van der Waals surface area (Å²) in [7, 11) is 1.54. The predicted octanol–water partition coefficient (Wildman–Crippen LogP) is 4.62. The summed E-state index contributed by atoms with van der Waals surface area (Å²) in [5.41, 5.74) is 2.59. The molecule has 0 aliphatic carbocycles. The van der Waals surface area contributed by atoms with Gasteiger partial charge >= 0.3 is 12.0 Å². The Bertz CT molecular complexity index is 991. The van der Waals surface area contributed by atoms with Crippen LogP contribution in [-0.2, 0) is 16.1 Å². The van der Waals surface area contributed by atoms with Gasteiger partial charge in [0, 0.05) is 5.70 Å². The Morgan fingerprint density at radius 3 is 2.55 bits per heavy atom. The molecule has 0 fully saturated rings. The van der Waals surface area contributed by atoms with E-state index in [1.807, 2.05) is 43.3 Å². The molecule has 3 rings (SSSR count). The minimum atomic E-state index is -0.684. The van der Waals surface area contributed by atoms with Gasteiger partial charge in [0.25, 0.3) is 0 Å². The number of allylic oxidation sites excluding steroid dienone is 1. The van der Waals surface area contributed by atoms with Crippen LogP contribution >= 0.6 is 15.9 Å². The van der Waals surface area contributed by atoms with Crippen LogP contribution in [0.2, 0.25) is 0 Å². The Morgan fingerprint density at radius 2 is 1.90 bits per heavy atom. The molecular weight excluding hydrogens is 464 g/mol. The maximum atomic E-state index is 12.7. The van der Waals surface area contributed by atoms with Crippen LogP contribution in [0.1, 0.15) is 37.4 Å². The van der Waals surface area contributed by atoms with Crippen molar-refractivity contribution in [3.63, 3.8) is 0 Å². The fourth-order valence-corrected chi connectivity index (χ4v) is 3.95. The maximum Gasteiger partial charge on any atom is 0.338 e. The first kappa shape index (κ1) is 22.7. The first-order chi connectivity index (χ1) is 15.0. The van der Waals surface area contributed by atoms with Gasteiger partial charge in [0.15, 0.2) is 11.5 Å². The number of hydrogen-bond acceptors (Lipinski definition) is 5. The van der Waals surface area contributed by atoms with Gasteiger partial charge in [0.05, 0.1) is 29.8 Å². The summed E-state index contributed by atoms with van der Waals surface area (Å²) in [4.78, 5) is 24.9. The van der Waals surface area contributed by atoms with E-state index in [4.69, 9.17) is 14.2 Å². The molecule has 0 saturated heterocycles. The Labute approximate surface area is 189 Å². The van der Waals surface area contributed by atoms with Gasteiger partial charge in [-0.15, -0.1) is 0 Å². The molecule has 1 aliphatic heterocycles. The number of urea groups is 1. The minimum absolute atomic E-state index is 0.235. The molecule has 2 N–H and O–H groups in total. The lowest BCUT2D eigenvalue weighted by molar-refractivity contribution is -0.139. The Morgan fingerprint density at radius 1 is 1.16 bits per heavy atom. The van der Waals surface area contributed by atoms with Gasteiger partial charge in [0.2, 0.25) is 0 Å². The average Bonchev–Trinajstić information content (AvgIpc) is 2.77. The second kappa shape index (κ2) is 10.3. The molecule has 31 heavy (non-hydrogen) atoms. The van der Waals surface area contributed by atoms with E-state index in [1.165, 1.54) is 0 Å². The molecular formula is C23H25BrN2O5. The van der Waals surface area contributed by atoms with Crippen LogP contribution in [0.25, 0.3) is 0 Å². The average molecular weight is 489 g/mol. The molecule has 164 valence electrons. The number of methoxy groups -OCH3 is 1. The zero-order chi connectivity index (χ0) is 22.4. The number of amides is 2. The monoisotopic (exact) mass is 488 g/mol. The van der Waals surface area contributed by atoms with Crippen molar-refractivity contribution in [1.29, 1.82) is 0 Å². The quantitative estimate of drug-likeness (QED) is 0.529. The van der Waals surface area contributed by atoms with Crippen molar-refractivity contribution in [1.82, 2.24) is 10.6 Å². The summed E-state index contributed by atoms with van der Waals surface area (Å²) < 4.78 is 17.4. The number of carbonyl (C=O) groups excluding carboxylic acids is 2. The van der Waals surface area contributed by atoms with Gasteiger partial charge in [0.1, 0.15) is 6.61 Å². The summed E-state index contributed by atoms with van der Waals surface area (Å²) in [6.07, 6.45) is 0.481. The Hall–Kier alpha value is -3.00. The second-order valence-electron chi connectivity index (χ2n) is 6.81. The van der Waals surface area contributed by atoms with Crippen LogP contribution < -0.4 is 20.1 Å². The first-order valence-corrected chi connectivity index (χ1v) is 10.8. The highest BCUT2D eigenvalue weighted by molar-refractivity contribution is 9.10. The van der Waals surface area contributed by atoms with E-state index in [-0.39, 0.29) is 12.6 Å². The van der Waals surface area contributed by atoms with E-state index in [2.05, 4.69) is 26.6 Å². The standard InChI is InChI=1S/C23H25BrN2O5/c1-4-17-19(22(27)30-5-2)20(26-23(28)25-17)15-11-16(24)21(18(12-15)29-3)31-13-14-9-7-6-8-10-14/h6-12,20H,4-5,13H2,1-3H3,(H2,25,26,28). The van der Waals surface area contributed by atoms with Crippen LogP contribution in [0.15, 0.2) is 58.2 Å². The number of halogens is 1. The van der Waals surface area contributed by atoms with Crippen molar-refractivity contribution >= 4 is 27.9 Å². The summed E-state index contributed by atoms with van der Waals surface area (Å²) >= 11 is 3.55. The number of ether oxygens (including phenoxy) is 3. The lowest BCUT2D eigenvalue weighted by atomic mass is 9.94. The number of esters is 1. The van der Waals surface area contributed by atoms with E-state index in [1.54, 1.807) is 20.1 Å². The number of carbonyl (C=O) groups is 2. The lowest BCUT2D eigenvalue weighted by Gasteiger charge is -2.29. The zero-order valence-corrected chi connectivity index (χ0v) is 19.2. The molecule has 8 heteroatoms. The molecule has 2 amide bonds. The van der Waals surface area contributed by atoms with Crippen molar-refractivity contribution in [3.8, 4) is 11.5 Å². The van der Waals surface area contributed by atoms with Gasteiger partial charge in [-0.1, -0.05) is 37.3 Å². The fraction of sp³-hybridized carbons (Fsp3) is 0.304. The molecule has 0 radical (unpaired) electrons. The smallest absolute Gasteiger partial charge is 0.338 e. The predicted molar refractivity (Wildman–Crippen MR) is 120 cm³/mol. The van der Waals surface area contributed by atoms with Crippen LogP contribution in [0.5, 0.6) is 11.5 Å². The number of rotatable bonds is 8. The largest absolute Gasteiger partial charge is 0.493 e. The highest BCUT2D eigenvalue weighted by Gasteiger charge is 2.34. The topological polar surface area (TPSA) is 85.9 Å². The molecule has 0 aromatic heterocycles. The SMILES string of the molecule is CCOC(=O)C1=C(CC)NC(=O)NC1c1cc(Br)c(OCc2ccccc2)c(OC)c1. The van der Waals surface area contributed by atoms with Crippen molar-refractivity contribution in [3.05, 3.63) is 69.3 Å². The van der Waals surface area contributed by atoms with Gasteiger partial charge in [-0.05, 0) is 52.5 Å². The molecule has 7 nitrogen and oxygen atoms in total. The van der Waals surface area contributed by atoms with Crippen molar-refractivity contribution < 1.29 is 23.8 Å². The molecule has 0 spiro atoms. The van der Waals surface area contributed by atoms with E-state index < -0.39 is 12.0 Å². The summed E-state index contributed by atoms with van der Waals surface area (Å²) in [6, 6.07) is 12.3. The normalized spacial score (nSPS) is 15.7.